The molecular weight excluding hydrogens is 318 g/mol. The van der Waals surface area contributed by atoms with Gasteiger partial charge < -0.3 is 20.9 Å². The Bertz CT molecular complexity index is 936. The van der Waals surface area contributed by atoms with E-state index in [1.54, 1.807) is 14.2 Å². The van der Waals surface area contributed by atoms with Crippen LogP contribution in [0.3, 0.4) is 0 Å². The molecule has 0 aliphatic rings. The Morgan fingerprint density at radius 1 is 1.04 bits per heavy atom. The number of methoxy groups -OCH3 is 2. The maximum Gasteiger partial charge on any atom is 0.192 e. The molecule has 0 spiro atoms. The number of nitrogens with zero attached hydrogens (tertiary/aromatic N) is 3. The van der Waals surface area contributed by atoms with E-state index in [-0.39, 0.29) is 5.96 Å². The van der Waals surface area contributed by atoms with Gasteiger partial charge in [0.15, 0.2) is 11.8 Å². The van der Waals surface area contributed by atoms with Crippen LogP contribution in [-0.2, 0) is 6.42 Å². The van der Waals surface area contributed by atoms with Gasteiger partial charge in [-0.15, -0.1) is 0 Å². The van der Waals surface area contributed by atoms with Crippen LogP contribution in [0, 0.1) is 0 Å². The zero-order valence-electron chi connectivity index (χ0n) is 14.1. The summed E-state index contributed by atoms with van der Waals surface area (Å²) < 4.78 is 10.7. The molecule has 0 saturated heterocycles. The molecule has 2 aromatic carbocycles. The van der Waals surface area contributed by atoms with Gasteiger partial charge >= 0.3 is 0 Å². The van der Waals surface area contributed by atoms with E-state index in [0.29, 0.717) is 23.8 Å². The number of rotatable bonds is 5. The van der Waals surface area contributed by atoms with Gasteiger partial charge in [0.1, 0.15) is 17.3 Å². The largest absolute Gasteiger partial charge is 0.497 e. The van der Waals surface area contributed by atoms with E-state index in [1.165, 1.54) is 0 Å². The molecule has 0 atom stereocenters. The van der Waals surface area contributed by atoms with Gasteiger partial charge in [-0.3, -0.25) is 0 Å². The Morgan fingerprint density at radius 3 is 2.56 bits per heavy atom. The van der Waals surface area contributed by atoms with Crippen molar-refractivity contribution in [3.63, 3.8) is 0 Å². The first-order valence-electron chi connectivity index (χ1n) is 7.67. The lowest BCUT2D eigenvalue weighted by molar-refractivity contribution is 0.391. The summed E-state index contributed by atoms with van der Waals surface area (Å²) in [6.07, 6.45) is 0.477. The highest BCUT2D eigenvalue weighted by atomic mass is 16.5. The molecule has 3 aromatic rings. The zero-order chi connectivity index (χ0) is 17.8. The molecule has 7 nitrogen and oxygen atoms in total. The third kappa shape index (κ3) is 3.60. The number of guanidine groups is 1. The van der Waals surface area contributed by atoms with E-state index in [9.17, 15) is 0 Å². The van der Waals surface area contributed by atoms with Crippen LogP contribution in [-0.4, -0.2) is 30.1 Å². The minimum Gasteiger partial charge on any atom is -0.497 e. The highest BCUT2D eigenvalue weighted by Gasteiger charge is 2.11. The highest BCUT2D eigenvalue weighted by Crippen LogP contribution is 2.28. The average Bonchev–Trinajstić information content (AvgIpc) is 2.61. The van der Waals surface area contributed by atoms with Crippen LogP contribution < -0.4 is 20.9 Å². The van der Waals surface area contributed by atoms with E-state index in [2.05, 4.69) is 15.0 Å². The second kappa shape index (κ2) is 7.04. The lowest BCUT2D eigenvalue weighted by Gasteiger charge is -2.11. The summed E-state index contributed by atoms with van der Waals surface area (Å²) in [5, 5.41) is 0.793. The number of ether oxygens (including phenoxy) is 2. The van der Waals surface area contributed by atoms with Gasteiger partial charge in [-0.2, -0.15) is 4.99 Å². The van der Waals surface area contributed by atoms with E-state index in [0.717, 1.165) is 22.2 Å². The van der Waals surface area contributed by atoms with Gasteiger partial charge in [-0.25, -0.2) is 9.97 Å². The Balaban J connectivity index is 2.06. The van der Waals surface area contributed by atoms with Gasteiger partial charge in [0.05, 0.1) is 19.7 Å². The smallest absolute Gasteiger partial charge is 0.192 e. The van der Waals surface area contributed by atoms with Crippen LogP contribution in [0.5, 0.6) is 11.5 Å². The molecule has 4 N–H and O–H groups in total. The van der Waals surface area contributed by atoms with E-state index < -0.39 is 0 Å². The lowest BCUT2D eigenvalue weighted by atomic mass is 10.1. The number of para-hydroxylation sites is 1. The van der Waals surface area contributed by atoms with Crippen LogP contribution in [0.15, 0.2) is 47.5 Å². The number of benzene rings is 2. The van der Waals surface area contributed by atoms with Gasteiger partial charge in [0, 0.05) is 23.4 Å². The minimum absolute atomic E-state index is 0.0446. The van der Waals surface area contributed by atoms with Gasteiger partial charge in [-0.1, -0.05) is 18.2 Å². The van der Waals surface area contributed by atoms with Crippen molar-refractivity contribution < 1.29 is 9.47 Å². The van der Waals surface area contributed by atoms with Crippen molar-refractivity contribution in [1.29, 1.82) is 0 Å². The second-order valence-corrected chi connectivity index (χ2v) is 5.37. The summed E-state index contributed by atoms with van der Waals surface area (Å²) in [6.45, 7) is 0. The molecule has 3 rings (SSSR count). The molecule has 0 saturated carbocycles. The van der Waals surface area contributed by atoms with Crippen molar-refractivity contribution in [1.82, 2.24) is 9.97 Å². The molecule has 0 fully saturated rings. The number of hydrogen-bond donors (Lipinski definition) is 2. The van der Waals surface area contributed by atoms with Crippen LogP contribution >= 0.6 is 0 Å². The Kier molecular flexibility index (Phi) is 4.65. The van der Waals surface area contributed by atoms with Crippen LogP contribution in [0.1, 0.15) is 11.4 Å². The second-order valence-electron chi connectivity index (χ2n) is 5.37. The highest BCUT2D eigenvalue weighted by molar-refractivity contribution is 5.91. The SMILES string of the molecule is COc1ccc(Cc2nc(N=C(N)N)c3ccccc3n2)c(OC)c1. The summed E-state index contributed by atoms with van der Waals surface area (Å²) in [4.78, 5) is 13.2. The van der Waals surface area contributed by atoms with E-state index in [4.69, 9.17) is 20.9 Å². The minimum atomic E-state index is -0.0446. The van der Waals surface area contributed by atoms with E-state index >= 15 is 0 Å². The number of fused-ring (bicyclic) bond motifs is 1. The number of aliphatic imine (C=N–C) groups is 1. The van der Waals surface area contributed by atoms with Crippen molar-refractivity contribution in [2.24, 2.45) is 16.5 Å². The fourth-order valence-corrected chi connectivity index (χ4v) is 2.56. The molecule has 1 heterocycles. The van der Waals surface area contributed by atoms with Crippen molar-refractivity contribution in [2.75, 3.05) is 14.2 Å². The molecule has 25 heavy (non-hydrogen) atoms. The average molecular weight is 337 g/mol. The molecule has 0 aliphatic carbocycles. The van der Waals surface area contributed by atoms with Crippen LogP contribution in [0.2, 0.25) is 0 Å². The fraction of sp³-hybridized carbons (Fsp3) is 0.167. The Hall–Kier alpha value is -3.35. The molecule has 7 heteroatoms. The Morgan fingerprint density at radius 2 is 1.84 bits per heavy atom. The fourth-order valence-electron chi connectivity index (χ4n) is 2.56. The van der Waals surface area contributed by atoms with Crippen LogP contribution in [0.25, 0.3) is 10.9 Å². The topological polar surface area (TPSA) is 109 Å². The molecule has 0 aliphatic heterocycles. The molecular formula is C18H19N5O2. The summed E-state index contributed by atoms with van der Waals surface area (Å²) in [5.74, 6) is 2.44. The van der Waals surface area contributed by atoms with Gasteiger partial charge in [0.2, 0.25) is 0 Å². The molecule has 0 amide bonds. The van der Waals surface area contributed by atoms with Gasteiger partial charge in [0.25, 0.3) is 0 Å². The Labute approximate surface area is 145 Å². The van der Waals surface area contributed by atoms with Crippen LogP contribution in [0.4, 0.5) is 5.82 Å². The van der Waals surface area contributed by atoms with E-state index in [1.807, 2.05) is 42.5 Å². The maximum atomic E-state index is 5.53. The number of hydrogen-bond acceptors (Lipinski definition) is 5. The molecule has 0 bridgehead atoms. The molecule has 1 aromatic heterocycles. The summed E-state index contributed by atoms with van der Waals surface area (Å²) in [6, 6.07) is 13.2. The van der Waals surface area contributed by atoms with Crippen molar-refractivity contribution in [2.45, 2.75) is 6.42 Å². The van der Waals surface area contributed by atoms with Gasteiger partial charge in [-0.05, 0) is 18.2 Å². The quantitative estimate of drug-likeness (QED) is 0.545. The monoisotopic (exact) mass is 337 g/mol. The third-order valence-corrected chi connectivity index (χ3v) is 3.71. The number of aromatic nitrogens is 2. The first kappa shape index (κ1) is 16.5. The molecule has 128 valence electrons. The predicted octanol–water partition coefficient (Wildman–Crippen LogP) is 2.14. The third-order valence-electron chi connectivity index (χ3n) is 3.71. The zero-order valence-corrected chi connectivity index (χ0v) is 14.1. The standard InChI is InChI=1S/C18H19N5O2/c1-24-12-8-7-11(15(10-12)25-2)9-16-21-14-6-4-3-5-13(14)17(22-16)23-18(19)20/h3-8,10H,9H2,1-2H3,(H4,19,20,21,22,23). The normalized spacial score (nSPS) is 10.5. The molecule has 0 radical (unpaired) electrons. The predicted molar refractivity (Wildman–Crippen MR) is 97.4 cm³/mol. The summed E-state index contributed by atoms with van der Waals surface area (Å²) >= 11 is 0. The maximum absolute atomic E-state index is 5.53. The van der Waals surface area contributed by atoms with Crippen molar-refractivity contribution >= 4 is 22.7 Å². The number of nitrogens with two attached hydrogens (primary N) is 2. The summed E-state index contributed by atoms with van der Waals surface area (Å²) in [5.41, 5.74) is 12.8. The lowest BCUT2D eigenvalue weighted by Crippen LogP contribution is -2.22. The molecule has 0 unspecified atom stereocenters. The van der Waals surface area contributed by atoms with Crippen molar-refractivity contribution in [3.05, 3.63) is 53.9 Å². The summed E-state index contributed by atoms with van der Waals surface area (Å²) in [7, 11) is 3.23. The first-order valence-corrected chi connectivity index (χ1v) is 7.67. The van der Waals surface area contributed by atoms with Crippen molar-refractivity contribution in [3.8, 4) is 11.5 Å². The first-order chi connectivity index (χ1) is 12.1.